The second kappa shape index (κ2) is 10.4. The number of nitrogens with zero attached hydrogens (tertiary/aromatic N) is 2. The molecule has 5 rings (SSSR count). The number of rotatable bonds is 7. The predicted molar refractivity (Wildman–Crippen MR) is 136 cm³/mol. The van der Waals surface area contributed by atoms with E-state index in [1.165, 1.54) is 5.56 Å². The molecular weight excluding hydrogens is 436 g/mol. The van der Waals surface area contributed by atoms with Crippen molar-refractivity contribution in [1.29, 1.82) is 0 Å². The van der Waals surface area contributed by atoms with Crippen molar-refractivity contribution in [1.82, 2.24) is 9.80 Å². The third-order valence-corrected chi connectivity index (χ3v) is 7.57. The van der Waals surface area contributed by atoms with Crippen molar-refractivity contribution >= 4 is 11.9 Å². The molecule has 2 heterocycles. The number of amides is 1. The minimum absolute atomic E-state index is 0.0588. The van der Waals surface area contributed by atoms with E-state index in [0.29, 0.717) is 19.0 Å². The summed E-state index contributed by atoms with van der Waals surface area (Å²) in [5.41, 5.74) is 3.08. The molecule has 0 saturated carbocycles. The third kappa shape index (κ3) is 5.01. The van der Waals surface area contributed by atoms with E-state index in [-0.39, 0.29) is 11.9 Å². The highest BCUT2D eigenvalue weighted by molar-refractivity contribution is 5.91. The number of benzene rings is 3. The molecule has 3 atom stereocenters. The summed E-state index contributed by atoms with van der Waals surface area (Å²) in [4.78, 5) is 30.5. The molecule has 0 spiro atoms. The number of carbonyl (C=O) groups excluding carboxylic acids is 1. The molecule has 0 aliphatic carbocycles. The molecule has 3 aromatic rings. The Balaban J connectivity index is 1.40. The number of hydrogen-bond donors (Lipinski definition) is 1. The molecular formula is C30H32N2O3. The summed E-state index contributed by atoms with van der Waals surface area (Å²) in [6.45, 7) is 1.41. The van der Waals surface area contributed by atoms with E-state index in [2.05, 4.69) is 29.2 Å². The van der Waals surface area contributed by atoms with E-state index >= 15 is 0 Å². The van der Waals surface area contributed by atoms with Gasteiger partial charge in [-0.1, -0.05) is 91.0 Å². The van der Waals surface area contributed by atoms with Crippen LogP contribution in [0.1, 0.15) is 41.9 Å². The number of carbonyl (C=O) groups is 2. The van der Waals surface area contributed by atoms with Crippen LogP contribution in [0.3, 0.4) is 0 Å². The summed E-state index contributed by atoms with van der Waals surface area (Å²) in [5.74, 6) is -1.56. The Morgan fingerprint density at radius 2 is 1.43 bits per heavy atom. The summed E-state index contributed by atoms with van der Waals surface area (Å²) in [5, 5.41) is 10.1. The van der Waals surface area contributed by atoms with Gasteiger partial charge in [0.15, 0.2) is 0 Å². The van der Waals surface area contributed by atoms with Gasteiger partial charge in [-0.25, -0.2) is 4.79 Å². The standard InChI is InChI=1S/C30H32N2O3/c33-29(28(23-13-6-2-7-14-23)24-15-8-3-9-16-24)32-21-26(20-27(32)30(34)35)31-18-10-17-25(31)19-22-11-4-1-5-12-22/h1-9,11-16,25-28H,10,17-21H2,(H,34,35)/t25?,26?,27-/m0/s1. The Kier molecular flexibility index (Phi) is 6.96. The van der Waals surface area contributed by atoms with Crippen LogP contribution in [0.2, 0.25) is 0 Å². The van der Waals surface area contributed by atoms with Crippen LogP contribution in [0.25, 0.3) is 0 Å². The average Bonchev–Trinajstić information content (AvgIpc) is 3.53. The Morgan fingerprint density at radius 1 is 0.857 bits per heavy atom. The normalized spacial score (nSPS) is 22.5. The SMILES string of the molecule is O=C(O)[C@@H]1CC(N2CCCC2Cc2ccccc2)CN1C(=O)C(c1ccccc1)c1ccccc1. The topological polar surface area (TPSA) is 60.9 Å². The molecule has 180 valence electrons. The lowest BCUT2D eigenvalue weighted by Gasteiger charge is -2.31. The van der Waals surface area contributed by atoms with Gasteiger partial charge in [0, 0.05) is 18.6 Å². The van der Waals surface area contributed by atoms with Crippen LogP contribution < -0.4 is 0 Å². The summed E-state index contributed by atoms with van der Waals surface area (Å²) in [6, 6.07) is 29.5. The number of aliphatic carboxylic acids is 1. The number of likely N-dealkylation sites (tertiary alicyclic amines) is 2. The second-order valence-electron chi connectivity index (χ2n) is 9.71. The Hall–Kier alpha value is -3.44. The molecule has 5 heteroatoms. The summed E-state index contributed by atoms with van der Waals surface area (Å²) in [6.07, 6.45) is 3.65. The maximum absolute atomic E-state index is 14.0. The van der Waals surface area contributed by atoms with Crippen molar-refractivity contribution in [2.45, 2.75) is 49.7 Å². The second-order valence-corrected chi connectivity index (χ2v) is 9.71. The maximum Gasteiger partial charge on any atom is 0.326 e. The van der Waals surface area contributed by atoms with Crippen LogP contribution in [0.5, 0.6) is 0 Å². The van der Waals surface area contributed by atoms with Crippen molar-refractivity contribution in [3.63, 3.8) is 0 Å². The van der Waals surface area contributed by atoms with Crippen molar-refractivity contribution < 1.29 is 14.7 Å². The molecule has 1 N–H and O–H groups in total. The summed E-state index contributed by atoms with van der Waals surface area (Å²) in [7, 11) is 0. The molecule has 35 heavy (non-hydrogen) atoms. The molecule has 0 bridgehead atoms. The molecule has 1 amide bonds. The lowest BCUT2D eigenvalue weighted by Crippen LogP contribution is -2.45. The van der Waals surface area contributed by atoms with E-state index in [0.717, 1.165) is 36.9 Å². The Labute approximate surface area is 207 Å². The molecule has 2 aliphatic rings. The highest BCUT2D eigenvalue weighted by Gasteiger charge is 2.46. The summed E-state index contributed by atoms with van der Waals surface area (Å²) >= 11 is 0. The smallest absolute Gasteiger partial charge is 0.326 e. The number of carboxylic acid groups (broad SMARTS) is 1. The van der Waals surface area contributed by atoms with Crippen LogP contribution in [0.4, 0.5) is 0 Å². The zero-order valence-electron chi connectivity index (χ0n) is 19.9. The molecule has 2 unspecified atom stereocenters. The third-order valence-electron chi connectivity index (χ3n) is 7.57. The molecule has 2 fully saturated rings. The van der Waals surface area contributed by atoms with Gasteiger partial charge < -0.3 is 10.0 Å². The monoisotopic (exact) mass is 468 g/mol. The quantitative estimate of drug-likeness (QED) is 0.551. The van der Waals surface area contributed by atoms with Gasteiger partial charge in [-0.15, -0.1) is 0 Å². The van der Waals surface area contributed by atoms with Gasteiger partial charge in [-0.2, -0.15) is 0 Å². The van der Waals surface area contributed by atoms with Crippen molar-refractivity contribution in [3.05, 3.63) is 108 Å². The first kappa shape index (κ1) is 23.3. The molecule has 5 nitrogen and oxygen atoms in total. The van der Waals surface area contributed by atoms with Crippen molar-refractivity contribution in [2.24, 2.45) is 0 Å². The number of carboxylic acids is 1. The molecule has 0 radical (unpaired) electrons. The van der Waals surface area contributed by atoms with E-state index in [1.807, 2.05) is 66.7 Å². The minimum Gasteiger partial charge on any atom is -0.480 e. The van der Waals surface area contributed by atoms with Gasteiger partial charge in [-0.05, 0) is 48.9 Å². The zero-order valence-corrected chi connectivity index (χ0v) is 19.9. The van der Waals surface area contributed by atoms with E-state index in [4.69, 9.17) is 0 Å². The van der Waals surface area contributed by atoms with Gasteiger partial charge in [0.1, 0.15) is 6.04 Å². The highest BCUT2D eigenvalue weighted by Crippen LogP contribution is 2.34. The van der Waals surface area contributed by atoms with Gasteiger partial charge in [0.2, 0.25) is 5.91 Å². The molecule has 2 saturated heterocycles. The van der Waals surface area contributed by atoms with Crippen molar-refractivity contribution in [2.75, 3.05) is 13.1 Å². The molecule has 0 aromatic heterocycles. The largest absolute Gasteiger partial charge is 0.480 e. The zero-order chi connectivity index (χ0) is 24.2. The predicted octanol–water partition coefficient (Wildman–Crippen LogP) is 4.58. The highest BCUT2D eigenvalue weighted by atomic mass is 16.4. The summed E-state index contributed by atoms with van der Waals surface area (Å²) < 4.78 is 0. The van der Waals surface area contributed by atoms with Crippen LogP contribution >= 0.6 is 0 Å². The van der Waals surface area contributed by atoms with Crippen LogP contribution in [-0.4, -0.2) is 58.0 Å². The maximum atomic E-state index is 14.0. The fourth-order valence-corrected chi connectivity index (χ4v) is 5.91. The molecule has 2 aliphatic heterocycles. The lowest BCUT2D eigenvalue weighted by molar-refractivity contribution is -0.148. The minimum atomic E-state index is -0.917. The van der Waals surface area contributed by atoms with Gasteiger partial charge >= 0.3 is 5.97 Å². The van der Waals surface area contributed by atoms with E-state index in [9.17, 15) is 14.7 Å². The first-order valence-electron chi connectivity index (χ1n) is 12.5. The van der Waals surface area contributed by atoms with E-state index < -0.39 is 17.9 Å². The van der Waals surface area contributed by atoms with Gasteiger partial charge in [0.05, 0.1) is 5.92 Å². The Bertz CT molecular complexity index is 1100. The van der Waals surface area contributed by atoms with Gasteiger partial charge in [0.25, 0.3) is 0 Å². The van der Waals surface area contributed by atoms with Crippen LogP contribution in [0.15, 0.2) is 91.0 Å². The first-order chi connectivity index (χ1) is 17.1. The Morgan fingerprint density at radius 3 is 2.00 bits per heavy atom. The fourth-order valence-electron chi connectivity index (χ4n) is 5.91. The molecule has 3 aromatic carbocycles. The van der Waals surface area contributed by atoms with Crippen LogP contribution in [0, 0.1) is 0 Å². The lowest BCUT2D eigenvalue weighted by atomic mass is 9.90. The van der Waals surface area contributed by atoms with Crippen LogP contribution in [-0.2, 0) is 16.0 Å². The van der Waals surface area contributed by atoms with Gasteiger partial charge in [-0.3, -0.25) is 9.69 Å². The van der Waals surface area contributed by atoms with E-state index in [1.54, 1.807) is 4.90 Å². The fraction of sp³-hybridized carbons (Fsp3) is 0.333. The average molecular weight is 469 g/mol. The number of hydrogen-bond acceptors (Lipinski definition) is 3. The first-order valence-corrected chi connectivity index (χ1v) is 12.5. The van der Waals surface area contributed by atoms with Crippen molar-refractivity contribution in [3.8, 4) is 0 Å².